The monoisotopic (exact) mass is 315 g/mol. The van der Waals surface area contributed by atoms with E-state index in [0.717, 1.165) is 16.6 Å². The molecule has 0 spiro atoms. The van der Waals surface area contributed by atoms with Gasteiger partial charge in [-0.3, -0.25) is 14.7 Å². The molecule has 3 aromatic carbocycles. The number of benzene rings is 3. The Morgan fingerprint density at radius 3 is 2.29 bits per heavy atom. The third kappa shape index (κ3) is 2.23. The maximum atomic E-state index is 11.5. The molecule has 0 atom stereocenters. The van der Waals surface area contributed by atoms with Gasteiger partial charge in [0.1, 0.15) is 11.5 Å². The molecule has 24 heavy (non-hydrogen) atoms. The molecule has 0 aliphatic carbocycles. The minimum atomic E-state index is -0.362. The van der Waals surface area contributed by atoms with Crippen LogP contribution in [0, 0.1) is 10.1 Å². The molecule has 0 saturated heterocycles. The Morgan fingerprint density at radius 1 is 0.833 bits per heavy atom. The summed E-state index contributed by atoms with van der Waals surface area (Å²) in [7, 11) is 0. The Hall–Kier alpha value is -3.47. The first-order valence-corrected chi connectivity index (χ1v) is 7.52. The van der Waals surface area contributed by atoms with Crippen LogP contribution in [0.5, 0.6) is 0 Å². The summed E-state index contributed by atoms with van der Waals surface area (Å²) in [5, 5.41) is 11.5. The smallest absolute Gasteiger partial charge is 0.286 e. The van der Waals surface area contributed by atoms with Crippen LogP contribution in [0.1, 0.15) is 0 Å². The van der Waals surface area contributed by atoms with Crippen molar-refractivity contribution in [2.45, 2.75) is 0 Å². The van der Waals surface area contributed by atoms with Crippen LogP contribution in [0.25, 0.3) is 28.1 Å². The van der Waals surface area contributed by atoms with Gasteiger partial charge >= 0.3 is 0 Å². The Labute approximate surface area is 138 Å². The number of rotatable bonds is 3. The first kappa shape index (κ1) is 14.1. The number of nitro groups is 1. The van der Waals surface area contributed by atoms with Gasteiger partial charge < -0.3 is 0 Å². The molecule has 5 nitrogen and oxygen atoms in total. The van der Waals surface area contributed by atoms with Crippen molar-refractivity contribution in [3.05, 3.63) is 89.0 Å². The van der Waals surface area contributed by atoms with Crippen molar-refractivity contribution in [1.82, 2.24) is 9.55 Å². The van der Waals surface area contributed by atoms with E-state index in [1.807, 2.05) is 59.2 Å². The zero-order valence-electron chi connectivity index (χ0n) is 12.7. The quantitative estimate of drug-likeness (QED) is 0.410. The molecule has 0 saturated carbocycles. The number of aromatic nitrogens is 2. The summed E-state index contributed by atoms with van der Waals surface area (Å²) in [5.74, 6) is 0.686. The number of hydrogen-bond donors (Lipinski definition) is 0. The highest BCUT2D eigenvalue weighted by Gasteiger charge is 2.20. The van der Waals surface area contributed by atoms with E-state index in [4.69, 9.17) is 4.98 Å². The van der Waals surface area contributed by atoms with Crippen molar-refractivity contribution in [2.75, 3.05) is 0 Å². The SMILES string of the molecule is O=[N+]([O-])c1ccccc1-n1c(-c2ccccc2)nc2ccccc21. The molecular formula is C19H13N3O2. The number of fused-ring (bicyclic) bond motifs is 1. The summed E-state index contributed by atoms with van der Waals surface area (Å²) in [6.07, 6.45) is 0. The lowest BCUT2D eigenvalue weighted by Gasteiger charge is -2.10. The summed E-state index contributed by atoms with van der Waals surface area (Å²) in [6.45, 7) is 0. The number of imidazole rings is 1. The molecule has 0 radical (unpaired) electrons. The Morgan fingerprint density at radius 2 is 1.50 bits per heavy atom. The van der Waals surface area contributed by atoms with Gasteiger partial charge in [-0.05, 0) is 18.2 Å². The number of nitrogens with zero attached hydrogens (tertiary/aromatic N) is 3. The van der Waals surface area contributed by atoms with Gasteiger partial charge in [-0.15, -0.1) is 0 Å². The fourth-order valence-electron chi connectivity index (χ4n) is 2.86. The second kappa shape index (κ2) is 5.62. The van der Waals surface area contributed by atoms with Crippen molar-refractivity contribution >= 4 is 16.7 Å². The highest BCUT2D eigenvalue weighted by Crippen LogP contribution is 2.32. The average molecular weight is 315 g/mol. The number of hydrogen-bond acceptors (Lipinski definition) is 3. The predicted molar refractivity (Wildman–Crippen MR) is 93.2 cm³/mol. The van der Waals surface area contributed by atoms with Crippen LogP contribution in [0.2, 0.25) is 0 Å². The molecule has 0 aliphatic rings. The highest BCUT2D eigenvalue weighted by atomic mass is 16.6. The maximum Gasteiger partial charge on any atom is 0.293 e. The third-order valence-electron chi connectivity index (χ3n) is 3.91. The van der Waals surface area contributed by atoms with Gasteiger partial charge in [0.05, 0.1) is 16.0 Å². The van der Waals surface area contributed by atoms with Crippen molar-refractivity contribution in [3.63, 3.8) is 0 Å². The summed E-state index contributed by atoms with van der Waals surface area (Å²) in [4.78, 5) is 15.8. The van der Waals surface area contributed by atoms with Gasteiger partial charge in [0.25, 0.3) is 5.69 Å². The molecule has 4 aromatic rings. The molecule has 0 N–H and O–H groups in total. The Kier molecular flexibility index (Phi) is 3.31. The first-order valence-electron chi connectivity index (χ1n) is 7.52. The third-order valence-corrected chi connectivity index (χ3v) is 3.91. The molecule has 1 heterocycles. The minimum Gasteiger partial charge on any atom is -0.286 e. The second-order valence-electron chi connectivity index (χ2n) is 5.37. The number of para-hydroxylation sites is 4. The van der Waals surface area contributed by atoms with E-state index in [1.54, 1.807) is 18.2 Å². The number of nitro benzene ring substituents is 1. The van der Waals surface area contributed by atoms with Gasteiger partial charge in [0.2, 0.25) is 0 Å². The summed E-state index contributed by atoms with van der Waals surface area (Å²) >= 11 is 0. The van der Waals surface area contributed by atoms with Crippen LogP contribution >= 0.6 is 0 Å². The Balaban J connectivity index is 2.10. The van der Waals surface area contributed by atoms with Gasteiger partial charge in [-0.2, -0.15) is 0 Å². The van der Waals surface area contributed by atoms with Crippen molar-refractivity contribution in [2.24, 2.45) is 0 Å². The van der Waals surface area contributed by atoms with Crippen LogP contribution in [0.3, 0.4) is 0 Å². The zero-order valence-corrected chi connectivity index (χ0v) is 12.7. The summed E-state index contributed by atoms with van der Waals surface area (Å²) in [6, 6.07) is 24.1. The zero-order chi connectivity index (χ0) is 16.5. The fraction of sp³-hybridized carbons (Fsp3) is 0. The standard InChI is InChI=1S/C19H13N3O2/c23-22(24)18-13-7-6-12-17(18)21-16-11-5-4-10-15(16)20-19(21)14-8-2-1-3-9-14/h1-13H. The van der Waals surface area contributed by atoms with Crippen LogP contribution in [-0.2, 0) is 0 Å². The average Bonchev–Trinajstić information content (AvgIpc) is 3.02. The van der Waals surface area contributed by atoms with E-state index in [0.29, 0.717) is 11.5 Å². The molecule has 5 heteroatoms. The predicted octanol–water partition coefficient (Wildman–Crippen LogP) is 4.60. The summed E-state index contributed by atoms with van der Waals surface area (Å²) in [5.41, 5.74) is 3.11. The van der Waals surface area contributed by atoms with Crippen molar-refractivity contribution in [1.29, 1.82) is 0 Å². The van der Waals surface area contributed by atoms with Gasteiger partial charge in [0.15, 0.2) is 0 Å². The molecular weight excluding hydrogens is 302 g/mol. The van der Waals surface area contributed by atoms with E-state index >= 15 is 0 Å². The van der Waals surface area contributed by atoms with E-state index < -0.39 is 0 Å². The van der Waals surface area contributed by atoms with E-state index in [9.17, 15) is 10.1 Å². The molecule has 116 valence electrons. The van der Waals surface area contributed by atoms with Crippen LogP contribution in [0.15, 0.2) is 78.9 Å². The lowest BCUT2D eigenvalue weighted by molar-refractivity contribution is -0.384. The van der Waals surface area contributed by atoms with Crippen LogP contribution in [0.4, 0.5) is 5.69 Å². The molecule has 0 aliphatic heterocycles. The Bertz CT molecular complexity index is 1040. The van der Waals surface area contributed by atoms with Crippen molar-refractivity contribution in [3.8, 4) is 17.1 Å². The molecule has 0 amide bonds. The van der Waals surface area contributed by atoms with Gasteiger partial charge in [-0.25, -0.2) is 4.98 Å². The second-order valence-corrected chi connectivity index (χ2v) is 5.37. The summed E-state index contributed by atoms with van der Waals surface area (Å²) < 4.78 is 1.85. The van der Waals surface area contributed by atoms with E-state index in [2.05, 4.69) is 0 Å². The highest BCUT2D eigenvalue weighted by molar-refractivity contribution is 5.84. The molecule has 0 bridgehead atoms. The van der Waals surface area contributed by atoms with Crippen LogP contribution in [-0.4, -0.2) is 14.5 Å². The van der Waals surface area contributed by atoms with Gasteiger partial charge in [-0.1, -0.05) is 54.6 Å². The fourth-order valence-corrected chi connectivity index (χ4v) is 2.86. The molecule has 0 fully saturated rings. The van der Waals surface area contributed by atoms with E-state index in [-0.39, 0.29) is 10.6 Å². The largest absolute Gasteiger partial charge is 0.293 e. The minimum absolute atomic E-state index is 0.0536. The maximum absolute atomic E-state index is 11.5. The lowest BCUT2D eigenvalue weighted by atomic mass is 10.2. The normalized spacial score (nSPS) is 10.8. The van der Waals surface area contributed by atoms with E-state index in [1.165, 1.54) is 6.07 Å². The molecule has 0 unspecified atom stereocenters. The lowest BCUT2D eigenvalue weighted by Crippen LogP contribution is -2.02. The van der Waals surface area contributed by atoms with Gasteiger partial charge in [0, 0.05) is 11.6 Å². The topological polar surface area (TPSA) is 61.0 Å². The molecule has 4 rings (SSSR count). The van der Waals surface area contributed by atoms with Crippen molar-refractivity contribution < 1.29 is 4.92 Å². The van der Waals surface area contributed by atoms with Crippen LogP contribution < -0.4 is 0 Å². The first-order chi connectivity index (χ1) is 11.8. The molecule has 1 aromatic heterocycles.